The van der Waals surface area contributed by atoms with Gasteiger partial charge in [0.05, 0.1) is 12.2 Å². The Hall–Kier alpha value is -1.64. The maximum atomic E-state index is 11.8. The van der Waals surface area contributed by atoms with Gasteiger partial charge in [-0.25, -0.2) is 4.79 Å². The summed E-state index contributed by atoms with van der Waals surface area (Å²) in [6.07, 6.45) is 1.95. The predicted octanol–water partition coefficient (Wildman–Crippen LogP) is 2.46. The van der Waals surface area contributed by atoms with E-state index in [-0.39, 0.29) is 17.7 Å². The minimum atomic E-state index is -0.368. The first-order chi connectivity index (χ1) is 7.72. The van der Waals surface area contributed by atoms with Crippen molar-refractivity contribution in [1.82, 2.24) is 0 Å². The summed E-state index contributed by atoms with van der Waals surface area (Å²) >= 11 is 0. The molecule has 16 heavy (non-hydrogen) atoms. The normalized spacial score (nSPS) is 14.6. The summed E-state index contributed by atoms with van der Waals surface area (Å²) in [6, 6.07) is 6.77. The molecule has 0 heterocycles. The van der Waals surface area contributed by atoms with Gasteiger partial charge in [0, 0.05) is 11.5 Å². The highest BCUT2D eigenvalue weighted by atomic mass is 16.5. The van der Waals surface area contributed by atoms with Crippen LogP contribution in [-0.2, 0) is 4.74 Å². The van der Waals surface area contributed by atoms with E-state index in [0.717, 1.165) is 12.8 Å². The lowest BCUT2D eigenvalue weighted by molar-refractivity contribution is 0.0526. The molecule has 3 nitrogen and oxygen atoms in total. The molecule has 0 N–H and O–H groups in total. The highest BCUT2D eigenvalue weighted by Crippen LogP contribution is 2.32. The SMILES string of the molecule is CCOC(=O)c1cccc(C(=O)C2CC2)c1. The van der Waals surface area contributed by atoms with Gasteiger partial charge in [-0.1, -0.05) is 12.1 Å². The van der Waals surface area contributed by atoms with Gasteiger partial charge in [-0.05, 0) is 31.9 Å². The smallest absolute Gasteiger partial charge is 0.338 e. The fourth-order valence-corrected chi connectivity index (χ4v) is 1.60. The first kappa shape index (κ1) is 10.9. The first-order valence-electron chi connectivity index (χ1n) is 5.53. The van der Waals surface area contributed by atoms with E-state index in [2.05, 4.69) is 0 Å². The lowest BCUT2D eigenvalue weighted by Gasteiger charge is -2.03. The summed E-state index contributed by atoms with van der Waals surface area (Å²) in [4.78, 5) is 23.3. The Kier molecular flexibility index (Phi) is 3.04. The van der Waals surface area contributed by atoms with Gasteiger partial charge in [-0.2, -0.15) is 0 Å². The highest BCUT2D eigenvalue weighted by molar-refractivity contribution is 6.01. The number of esters is 1. The van der Waals surface area contributed by atoms with Crippen molar-refractivity contribution in [2.45, 2.75) is 19.8 Å². The molecule has 0 saturated heterocycles. The van der Waals surface area contributed by atoms with E-state index < -0.39 is 0 Å². The van der Waals surface area contributed by atoms with Crippen molar-refractivity contribution in [3.63, 3.8) is 0 Å². The molecule has 0 aromatic heterocycles. The third kappa shape index (κ3) is 2.30. The molecule has 2 rings (SSSR count). The molecule has 1 aromatic rings. The zero-order chi connectivity index (χ0) is 11.5. The topological polar surface area (TPSA) is 43.4 Å². The molecule has 84 valence electrons. The van der Waals surface area contributed by atoms with Crippen LogP contribution in [0, 0.1) is 5.92 Å². The molecule has 1 aromatic carbocycles. The standard InChI is InChI=1S/C13H14O3/c1-2-16-13(15)11-5-3-4-10(8-11)12(14)9-6-7-9/h3-5,8-9H,2,6-7H2,1H3. The maximum Gasteiger partial charge on any atom is 0.338 e. The average molecular weight is 218 g/mol. The Bertz CT molecular complexity index is 419. The van der Waals surface area contributed by atoms with Gasteiger partial charge in [0.15, 0.2) is 5.78 Å². The van der Waals surface area contributed by atoms with Crippen LogP contribution >= 0.6 is 0 Å². The molecule has 0 atom stereocenters. The van der Waals surface area contributed by atoms with Crippen molar-refractivity contribution in [3.05, 3.63) is 35.4 Å². The summed E-state index contributed by atoms with van der Waals surface area (Å²) < 4.78 is 4.89. The van der Waals surface area contributed by atoms with Crippen molar-refractivity contribution >= 4 is 11.8 Å². The lowest BCUT2D eigenvalue weighted by atomic mass is 10.0. The Morgan fingerprint density at radius 1 is 1.31 bits per heavy atom. The summed E-state index contributed by atoms with van der Waals surface area (Å²) in [5, 5.41) is 0. The molecule has 1 aliphatic carbocycles. The van der Waals surface area contributed by atoms with Crippen molar-refractivity contribution in [2.75, 3.05) is 6.61 Å². The summed E-state index contributed by atoms with van der Waals surface area (Å²) in [5.74, 6) is -0.0449. The maximum absolute atomic E-state index is 11.8. The van der Waals surface area contributed by atoms with Crippen LogP contribution in [0.4, 0.5) is 0 Å². The van der Waals surface area contributed by atoms with Crippen LogP contribution in [0.3, 0.4) is 0 Å². The Morgan fingerprint density at radius 3 is 2.62 bits per heavy atom. The molecule has 1 saturated carbocycles. The van der Waals surface area contributed by atoms with Gasteiger partial charge in [-0.3, -0.25) is 4.79 Å². The summed E-state index contributed by atoms with van der Waals surface area (Å²) in [6.45, 7) is 2.11. The average Bonchev–Trinajstić information content (AvgIpc) is 3.12. The van der Waals surface area contributed by atoms with Crippen molar-refractivity contribution in [2.24, 2.45) is 5.92 Å². The van der Waals surface area contributed by atoms with E-state index in [1.165, 1.54) is 0 Å². The zero-order valence-electron chi connectivity index (χ0n) is 9.23. The fraction of sp³-hybridized carbons (Fsp3) is 0.385. The molecule has 0 aliphatic heterocycles. The van der Waals surface area contributed by atoms with E-state index in [1.807, 2.05) is 0 Å². The number of hydrogen-bond acceptors (Lipinski definition) is 3. The van der Waals surface area contributed by atoms with E-state index in [9.17, 15) is 9.59 Å². The number of rotatable bonds is 4. The molecule has 1 aliphatic rings. The number of benzene rings is 1. The van der Waals surface area contributed by atoms with Crippen LogP contribution in [0.25, 0.3) is 0 Å². The molecule has 3 heteroatoms. The molecular formula is C13H14O3. The third-order valence-electron chi connectivity index (χ3n) is 2.61. The van der Waals surface area contributed by atoms with Gasteiger partial charge < -0.3 is 4.74 Å². The van der Waals surface area contributed by atoms with Gasteiger partial charge >= 0.3 is 5.97 Å². The van der Waals surface area contributed by atoms with Crippen LogP contribution in [0.1, 0.15) is 40.5 Å². The van der Waals surface area contributed by atoms with Gasteiger partial charge in [0.1, 0.15) is 0 Å². The van der Waals surface area contributed by atoms with Gasteiger partial charge in [-0.15, -0.1) is 0 Å². The first-order valence-corrected chi connectivity index (χ1v) is 5.53. The van der Waals surface area contributed by atoms with Crippen LogP contribution in [0.2, 0.25) is 0 Å². The van der Waals surface area contributed by atoms with E-state index >= 15 is 0 Å². The van der Waals surface area contributed by atoms with Crippen LogP contribution in [0.15, 0.2) is 24.3 Å². The molecule has 0 bridgehead atoms. The van der Waals surface area contributed by atoms with E-state index in [4.69, 9.17) is 4.74 Å². The zero-order valence-corrected chi connectivity index (χ0v) is 9.23. The molecule has 0 amide bonds. The number of carbonyl (C=O) groups is 2. The number of ketones is 1. The second-order valence-corrected chi connectivity index (χ2v) is 3.94. The van der Waals surface area contributed by atoms with Crippen molar-refractivity contribution in [3.8, 4) is 0 Å². The second-order valence-electron chi connectivity index (χ2n) is 3.94. The number of Topliss-reactive ketones (excluding diaryl/α,β-unsaturated/α-hetero) is 1. The van der Waals surface area contributed by atoms with Crippen LogP contribution in [0.5, 0.6) is 0 Å². The summed E-state index contributed by atoms with van der Waals surface area (Å²) in [7, 11) is 0. The van der Waals surface area contributed by atoms with Crippen molar-refractivity contribution in [1.29, 1.82) is 0 Å². The van der Waals surface area contributed by atoms with Gasteiger partial charge in [0.2, 0.25) is 0 Å². The Labute approximate surface area is 94.4 Å². The summed E-state index contributed by atoms with van der Waals surface area (Å²) in [5.41, 5.74) is 1.07. The van der Waals surface area contributed by atoms with Crippen LogP contribution in [-0.4, -0.2) is 18.4 Å². The molecule has 0 unspecified atom stereocenters. The highest BCUT2D eigenvalue weighted by Gasteiger charge is 2.30. The number of ether oxygens (including phenoxy) is 1. The fourth-order valence-electron chi connectivity index (χ4n) is 1.60. The molecule has 0 spiro atoms. The Morgan fingerprint density at radius 2 is 2.00 bits per heavy atom. The minimum absolute atomic E-state index is 0.145. The lowest BCUT2D eigenvalue weighted by Crippen LogP contribution is -2.07. The van der Waals surface area contributed by atoms with E-state index in [0.29, 0.717) is 17.7 Å². The van der Waals surface area contributed by atoms with Crippen LogP contribution < -0.4 is 0 Å². The molecule has 0 radical (unpaired) electrons. The van der Waals surface area contributed by atoms with Gasteiger partial charge in [0.25, 0.3) is 0 Å². The number of hydrogen-bond donors (Lipinski definition) is 0. The largest absolute Gasteiger partial charge is 0.462 e. The predicted molar refractivity (Wildman–Crippen MR) is 59.5 cm³/mol. The molecular weight excluding hydrogens is 204 g/mol. The minimum Gasteiger partial charge on any atom is -0.462 e. The quantitative estimate of drug-likeness (QED) is 0.576. The Balaban J connectivity index is 2.18. The van der Waals surface area contributed by atoms with E-state index in [1.54, 1.807) is 31.2 Å². The third-order valence-corrected chi connectivity index (χ3v) is 2.61. The monoisotopic (exact) mass is 218 g/mol. The number of carbonyl (C=O) groups excluding carboxylic acids is 2. The second kappa shape index (κ2) is 4.47. The van der Waals surface area contributed by atoms with Crippen molar-refractivity contribution < 1.29 is 14.3 Å². The molecule has 1 fully saturated rings.